The molecule has 1 saturated carbocycles. The monoisotopic (exact) mass is 423 g/mol. The van der Waals surface area contributed by atoms with E-state index in [0.29, 0.717) is 9.37 Å². The van der Waals surface area contributed by atoms with Gasteiger partial charge in [0.25, 0.3) is 0 Å². The van der Waals surface area contributed by atoms with Gasteiger partial charge in [0.1, 0.15) is 0 Å². The van der Waals surface area contributed by atoms with Crippen molar-refractivity contribution in [2.45, 2.75) is 50.0 Å². The highest BCUT2D eigenvalue weighted by Gasteiger charge is 2.26. The first-order valence-corrected chi connectivity index (χ1v) is 9.96. The van der Waals surface area contributed by atoms with Crippen LogP contribution in [0.15, 0.2) is 32.0 Å². The summed E-state index contributed by atoms with van der Waals surface area (Å²) in [7, 11) is -3.46. The predicted molar refractivity (Wildman–Crippen MR) is 88.2 cm³/mol. The topological polar surface area (TPSA) is 46.2 Å². The van der Waals surface area contributed by atoms with Crippen LogP contribution in [0.1, 0.15) is 39.0 Å². The van der Waals surface area contributed by atoms with E-state index in [1.54, 1.807) is 12.1 Å². The molecule has 112 valence electrons. The summed E-state index contributed by atoms with van der Waals surface area (Å²) < 4.78 is 29.1. The highest BCUT2D eigenvalue weighted by Crippen LogP contribution is 2.29. The van der Waals surface area contributed by atoms with E-state index in [4.69, 9.17) is 0 Å². The average molecular weight is 425 g/mol. The highest BCUT2D eigenvalue weighted by molar-refractivity contribution is 9.11. The molecule has 0 atom stereocenters. The number of halogens is 2. The van der Waals surface area contributed by atoms with Crippen molar-refractivity contribution < 1.29 is 8.42 Å². The number of hydrogen-bond donors (Lipinski definition) is 1. The molecule has 1 aliphatic rings. The molecule has 0 amide bonds. The van der Waals surface area contributed by atoms with Gasteiger partial charge in [-0.05, 0) is 65.7 Å². The molecule has 0 unspecified atom stereocenters. The maximum Gasteiger partial charge on any atom is 0.241 e. The van der Waals surface area contributed by atoms with E-state index >= 15 is 0 Å². The Morgan fingerprint density at radius 2 is 1.85 bits per heavy atom. The van der Waals surface area contributed by atoms with E-state index in [1.165, 1.54) is 6.42 Å². The Bertz CT molecular complexity index is 567. The van der Waals surface area contributed by atoms with E-state index in [2.05, 4.69) is 43.5 Å². The van der Waals surface area contributed by atoms with Crippen LogP contribution in [0.4, 0.5) is 0 Å². The van der Waals surface area contributed by atoms with Gasteiger partial charge in [-0.25, -0.2) is 13.1 Å². The van der Waals surface area contributed by atoms with Gasteiger partial charge in [-0.15, -0.1) is 0 Å². The normalized spacial score (nSPS) is 23.8. The fraction of sp³-hybridized carbons (Fsp3) is 0.571. The van der Waals surface area contributed by atoms with Gasteiger partial charge in [0.2, 0.25) is 10.0 Å². The fourth-order valence-corrected chi connectivity index (χ4v) is 5.46. The second-order valence-corrected chi connectivity index (χ2v) is 8.77. The number of sulfonamides is 1. The number of hydrogen-bond acceptors (Lipinski definition) is 2. The minimum Gasteiger partial charge on any atom is -0.208 e. The molecule has 1 N–H and O–H groups in total. The summed E-state index contributed by atoms with van der Waals surface area (Å²) in [4.78, 5) is 0.296. The lowest BCUT2D eigenvalue weighted by atomic mass is 9.85. The first-order valence-electron chi connectivity index (χ1n) is 6.89. The molecule has 0 aliphatic heterocycles. The van der Waals surface area contributed by atoms with Crippen molar-refractivity contribution in [3.8, 4) is 0 Å². The third-order valence-electron chi connectivity index (χ3n) is 3.93. The Labute approximate surface area is 137 Å². The van der Waals surface area contributed by atoms with Gasteiger partial charge in [0, 0.05) is 15.0 Å². The van der Waals surface area contributed by atoms with Crippen molar-refractivity contribution in [1.82, 2.24) is 4.72 Å². The minimum absolute atomic E-state index is 0.0636. The Kier molecular flexibility index (Phi) is 5.68. The molecule has 1 aromatic rings. The van der Waals surface area contributed by atoms with Crippen LogP contribution in [0.5, 0.6) is 0 Å². The Morgan fingerprint density at radius 1 is 1.20 bits per heavy atom. The molecular formula is C14H19Br2NO2S. The summed E-state index contributed by atoms with van der Waals surface area (Å²) >= 11 is 6.63. The fourth-order valence-electron chi connectivity index (χ4n) is 2.65. The Balaban J connectivity index is 2.10. The summed E-state index contributed by atoms with van der Waals surface area (Å²) in [6.45, 7) is 2.20. The summed E-state index contributed by atoms with van der Waals surface area (Å²) in [5, 5.41) is 0. The molecule has 0 radical (unpaired) electrons. The first-order chi connectivity index (χ1) is 9.42. The molecule has 2 rings (SSSR count). The molecule has 0 saturated heterocycles. The van der Waals surface area contributed by atoms with Crippen molar-refractivity contribution in [3.63, 3.8) is 0 Å². The molecule has 1 aromatic carbocycles. The van der Waals surface area contributed by atoms with Gasteiger partial charge in [0.15, 0.2) is 0 Å². The Hall–Kier alpha value is 0.0900. The number of benzene rings is 1. The SMILES string of the molecule is CCC1CCC(NS(=O)(=O)c2cc(Br)ccc2Br)CC1. The average Bonchev–Trinajstić information content (AvgIpc) is 2.42. The molecule has 3 nitrogen and oxygen atoms in total. The molecule has 0 bridgehead atoms. The standard InChI is InChI=1S/C14H19Br2NO2S/c1-2-10-3-6-12(7-4-10)17-20(18,19)14-9-11(15)5-8-13(14)16/h5,8-10,12,17H,2-4,6-7H2,1H3. The third kappa shape index (κ3) is 4.06. The van der Waals surface area contributed by atoms with Crippen LogP contribution in [0, 0.1) is 5.92 Å². The van der Waals surface area contributed by atoms with Crippen molar-refractivity contribution in [2.24, 2.45) is 5.92 Å². The predicted octanol–water partition coefficient (Wildman–Crippen LogP) is 4.46. The van der Waals surface area contributed by atoms with Crippen molar-refractivity contribution >= 4 is 41.9 Å². The van der Waals surface area contributed by atoms with Crippen molar-refractivity contribution in [1.29, 1.82) is 0 Å². The zero-order valence-corrected chi connectivity index (χ0v) is 15.4. The lowest BCUT2D eigenvalue weighted by molar-refractivity contribution is 0.306. The first kappa shape index (κ1) is 16.5. The maximum atomic E-state index is 12.5. The molecule has 20 heavy (non-hydrogen) atoms. The van der Waals surface area contributed by atoms with Crippen LogP contribution in [0.2, 0.25) is 0 Å². The summed E-state index contributed by atoms with van der Waals surface area (Å²) in [5.74, 6) is 0.758. The van der Waals surface area contributed by atoms with Gasteiger partial charge < -0.3 is 0 Å². The molecule has 0 heterocycles. The van der Waals surface area contributed by atoms with Crippen LogP contribution >= 0.6 is 31.9 Å². The van der Waals surface area contributed by atoms with Crippen LogP contribution in [0.3, 0.4) is 0 Å². The second-order valence-electron chi connectivity index (χ2n) is 5.32. The molecule has 1 fully saturated rings. The van der Waals surface area contributed by atoms with Crippen LogP contribution in [0.25, 0.3) is 0 Å². The molecule has 1 aliphatic carbocycles. The Morgan fingerprint density at radius 3 is 2.45 bits per heavy atom. The number of nitrogens with one attached hydrogen (secondary N) is 1. The van der Waals surface area contributed by atoms with Gasteiger partial charge in [-0.3, -0.25) is 0 Å². The largest absolute Gasteiger partial charge is 0.241 e. The van der Waals surface area contributed by atoms with E-state index in [0.717, 1.165) is 36.1 Å². The highest BCUT2D eigenvalue weighted by atomic mass is 79.9. The summed E-state index contributed by atoms with van der Waals surface area (Å²) in [6.07, 6.45) is 5.29. The van der Waals surface area contributed by atoms with Crippen LogP contribution in [-0.4, -0.2) is 14.5 Å². The van der Waals surface area contributed by atoms with E-state index < -0.39 is 10.0 Å². The second kappa shape index (κ2) is 6.90. The zero-order chi connectivity index (χ0) is 14.8. The van der Waals surface area contributed by atoms with Gasteiger partial charge in [-0.1, -0.05) is 29.3 Å². The smallest absolute Gasteiger partial charge is 0.208 e. The lowest BCUT2D eigenvalue weighted by Gasteiger charge is -2.28. The maximum absolute atomic E-state index is 12.5. The van der Waals surface area contributed by atoms with Gasteiger partial charge >= 0.3 is 0 Å². The molecular weight excluding hydrogens is 406 g/mol. The molecule has 0 aromatic heterocycles. The van der Waals surface area contributed by atoms with E-state index in [-0.39, 0.29) is 6.04 Å². The van der Waals surface area contributed by atoms with Gasteiger partial charge in [0.05, 0.1) is 4.90 Å². The lowest BCUT2D eigenvalue weighted by Crippen LogP contribution is -2.37. The van der Waals surface area contributed by atoms with Crippen molar-refractivity contribution in [2.75, 3.05) is 0 Å². The minimum atomic E-state index is -3.46. The number of rotatable bonds is 4. The molecule has 0 spiro atoms. The third-order valence-corrected chi connectivity index (χ3v) is 6.94. The molecule has 6 heteroatoms. The quantitative estimate of drug-likeness (QED) is 0.775. The van der Waals surface area contributed by atoms with Crippen LogP contribution in [-0.2, 0) is 10.0 Å². The zero-order valence-electron chi connectivity index (χ0n) is 11.4. The van der Waals surface area contributed by atoms with E-state index in [9.17, 15) is 8.42 Å². The van der Waals surface area contributed by atoms with Crippen LogP contribution < -0.4 is 4.72 Å². The summed E-state index contributed by atoms with van der Waals surface area (Å²) in [6, 6.07) is 5.25. The van der Waals surface area contributed by atoms with Gasteiger partial charge in [-0.2, -0.15) is 0 Å². The van der Waals surface area contributed by atoms with Crippen molar-refractivity contribution in [3.05, 3.63) is 27.1 Å². The summed E-state index contributed by atoms with van der Waals surface area (Å²) in [5.41, 5.74) is 0. The van der Waals surface area contributed by atoms with E-state index in [1.807, 2.05) is 6.07 Å².